The molecule has 0 bridgehead atoms. The Balaban J connectivity index is 1.79. The number of nitrogens with zero attached hydrogens (tertiary/aromatic N) is 3. The number of benzene rings is 1. The van der Waals surface area contributed by atoms with Gasteiger partial charge in [0, 0.05) is 6.20 Å². The summed E-state index contributed by atoms with van der Waals surface area (Å²) >= 11 is 6.08. The molecule has 1 aromatic carbocycles. The second-order valence-electron chi connectivity index (χ2n) is 8.60. The quantitative estimate of drug-likeness (QED) is 0.418. The maximum Gasteiger partial charge on any atom is 0.323 e. The number of ether oxygens (including phenoxy) is 1. The molecular weight excluding hydrogens is 474 g/mol. The zero-order valence-electron chi connectivity index (χ0n) is 18.6. The van der Waals surface area contributed by atoms with Crippen LogP contribution in [0.25, 0.3) is 11.7 Å². The summed E-state index contributed by atoms with van der Waals surface area (Å²) in [5.74, 6) is -1.26. The van der Waals surface area contributed by atoms with E-state index in [1.165, 1.54) is 10.5 Å². The van der Waals surface area contributed by atoms with Crippen LogP contribution in [0.15, 0.2) is 58.4 Å². The van der Waals surface area contributed by atoms with E-state index in [0.29, 0.717) is 11.4 Å². The molecule has 174 valence electrons. The number of carboxylic acid groups (broad SMARTS) is 1. The molecule has 0 unspecified atom stereocenters. The zero-order chi connectivity index (χ0) is 24.6. The van der Waals surface area contributed by atoms with Crippen molar-refractivity contribution in [3.05, 3.63) is 75.0 Å². The molecule has 0 atom stereocenters. The standard InChI is InChI=1S/C24H21N3O5S2/c1-24(2,3)14-7-9-15(10-8-14)32-20-16(21(30)26-11-5-4-6-18(26)25-20)12-17-22(31)27(13-19(28)29)23(33)34-17/h4-12H,13H2,1-3H3,(H,28,29). The summed E-state index contributed by atoms with van der Waals surface area (Å²) in [5, 5.41) is 9.06. The Labute approximate surface area is 204 Å². The average molecular weight is 496 g/mol. The second kappa shape index (κ2) is 9.03. The Morgan fingerprint density at radius 2 is 1.88 bits per heavy atom. The molecule has 0 radical (unpaired) electrons. The number of carbonyl (C=O) groups excluding carboxylic acids is 1. The maximum atomic E-state index is 13.3. The van der Waals surface area contributed by atoms with Gasteiger partial charge in [-0.05, 0) is 41.3 Å². The highest BCUT2D eigenvalue weighted by atomic mass is 32.2. The summed E-state index contributed by atoms with van der Waals surface area (Å²) in [6.45, 7) is 5.76. The molecule has 4 rings (SSSR count). The van der Waals surface area contributed by atoms with E-state index in [1.54, 1.807) is 36.5 Å². The largest absolute Gasteiger partial charge is 0.480 e. The van der Waals surface area contributed by atoms with Gasteiger partial charge in [0.2, 0.25) is 5.88 Å². The number of aliphatic carboxylic acids is 1. The SMILES string of the molecule is CC(C)(C)c1ccc(Oc2nc3ccccn3c(=O)c2C=C2SC(=S)N(CC(=O)O)C2=O)cc1. The van der Waals surface area contributed by atoms with E-state index < -0.39 is 24.0 Å². The number of carbonyl (C=O) groups is 2. The van der Waals surface area contributed by atoms with Crippen LogP contribution in [0, 0.1) is 0 Å². The van der Waals surface area contributed by atoms with Gasteiger partial charge >= 0.3 is 5.97 Å². The van der Waals surface area contributed by atoms with Gasteiger partial charge in [-0.1, -0.05) is 63.0 Å². The van der Waals surface area contributed by atoms with Crippen molar-refractivity contribution in [2.45, 2.75) is 26.2 Å². The Hall–Kier alpha value is -3.50. The van der Waals surface area contributed by atoms with Crippen molar-refractivity contribution < 1.29 is 19.4 Å². The third-order valence-electron chi connectivity index (χ3n) is 5.11. The highest BCUT2D eigenvalue weighted by molar-refractivity contribution is 8.26. The molecule has 1 saturated heterocycles. The third kappa shape index (κ3) is 4.73. The summed E-state index contributed by atoms with van der Waals surface area (Å²) in [6, 6.07) is 12.6. The molecule has 1 fully saturated rings. The lowest BCUT2D eigenvalue weighted by atomic mass is 9.87. The Bertz CT molecular complexity index is 1400. The molecule has 0 spiro atoms. The highest BCUT2D eigenvalue weighted by Gasteiger charge is 2.34. The van der Waals surface area contributed by atoms with Crippen LogP contribution in [0.4, 0.5) is 0 Å². The summed E-state index contributed by atoms with van der Waals surface area (Å²) in [5.41, 5.74) is 1.09. The van der Waals surface area contributed by atoms with Gasteiger partial charge < -0.3 is 9.84 Å². The lowest BCUT2D eigenvalue weighted by Gasteiger charge is -2.19. The zero-order valence-corrected chi connectivity index (χ0v) is 20.3. The molecule has 0 saturated carbocycles. The van der Waals surface area contributed by atoms with Crippen LogP contribution in [-0.2, 0) is 15.0 Å². The number of amides is 1. The third-order valence-corrected chi connectivity index (χ3v) is 6.49. The van der Waals surface area contributed by atoms with Crippen molar-refractivity contribution in [1.29, 1.82) is 0 Å². The Morgan fingerprint density at radius 1 is 1.18 bits per heavy atom. The fraction of sp³-hybridized carbons (Fsp3) is 0.208. The van der Waals surface area contributed by atoms with Gasteiger partial charge in [-0.3, -0.25) is 23.7 Å². The predicted molar refractivity (Wildman–Crippen MR) is 134 cm³/mol. The topological polar surface area (TPSA) is 101 Å². The fourth-order valence-electron chi connectivity index (χ4n) is 3.32. The van der Waals surface area contributed by atoms with Gasteiger partial charge in [-0.15, -0.1) is 0 Å². The van der Waals surface area contributed by atoms with E-state index in [0.717, 1.165) is 22.2 Å². The number of rotatable bonds is 5. The lowest BCUT2D eigenvalue weighted by Crippen LogP contribution is -2.33. The van der Waals surface area contributed by atoms with E-state index in [4.69, 9.17) is 22.1 Å². The molecule has 8 nitrogen and oxygen atoms in total. The monoisotopic (exact) mass is 495 g/mol. The number of aromatic nitrogens is 2. The minimum Gasteiger partial charge on any atom is -0.480 e. The number of hydrogen-bond donors (Lipinski definition) is 1. The number of carboxylic acids is 1. The van der Waals surface area contributed by atoms with Gasteiger partial charge in [0.05, 0.1) is 4.91 Å². The van der Waals surface area contributed by atoms with E-state index in [-0.39, 0.29) is 26.1 Å². The minimum atomic E-state index is -1.19. The maximum absolute atomic E-state index is 13.3. The summed E-state index contributed by atoms with van der Waals surface area (Å²) in [4.78, 5) is 42.7. The van der Waals surface area contributed by atoms with Crippen LogP contribution in [-0.4, -0.2) is 42.1 Å². The van der Waals surface area contributed by atoms with Crippen LogP contribution in [0.5, 0.6) is 11.6 Å². The molecule has 3 aromatic rings. The first-order valence-corrected chi connectivity index (χ1v) is 11.5. The van der Waals surface area contributed by atoms with E-state index in [2.05, 4.69) is 25.8 Å². The van der Waals surface area contributed by atoms with E-state index >= 15 is 0 Å². The Kier molecular flexibility index (Phi) is 6.28. The van der Waals surface area contributed by atoms with Crippen LogP contribution in [0.2, 0.25) is 0 Å². The van der Waals surface area contributed by atoms with Crippen molar-refractivity contribution in [2.24, 2.45) is 0 Å². The first-order chi connectivity index (χ1) is 16.0. The lowest BCUT2D eigenvalue weighted by molar-refractivity contribution is -0.140. The molecule has 1 amide bonds. The second-order valence-corrected chi connectivity index (χ2v) is 10.3. The normalized spacial score (nSPS) is 15.4. The van der Waals surface area contributed by atoms with Crippen LogP contribution < -0.4 is 10.3 Å². The van der Waals surface area contributed by atoms with E-state index in [9.17, 15) is 14.4 Å². The first kappa shape index (κ1) is 23.7. The van der Waals surface area contributed by atoms with Crippen LogP contribution in [0.1, 0.15) is 31.9 Å². The minimum absolute atomic E-state index is 0.0308. The van der Waals surface area contributed by atoms with Crippen molar-refractivity contribution in [3.8, 4) is 11.6 Å². The van der Waals surface area contributed by atoms with Gasteiger partial charge in [0.25, 0.3) is 11.5 Å². The molecular formula is C24H21N3O5S2. The molecule has 34 heavy (non-hydrogen) atoms. The summed E-state index contributed by atoms with van der Waals surface area (Å²) in [6.07, 6.45) is 2.92. The van der Waals surface area contributed by atoms with Gasteiger partial charge in [0.15, 0.2) is 0 Å². The number of thiocarbonyl (C=S) groups is 1. The van der Waals surface area contributed by atoms with E-state index in [1.807, 2.05) is 12.1 Å². The number of pyridine rings is 1. The number of fused-ring (bicyclic) bond motifs is 1. The molecule has 1 aliphatic rings. The van der Waals surface area contributed by atoms with Crippen molar-refractivity contribution in [1.82, 2.24) is 14.3 Å². The summed E-state index contributed by atoms with van der Waals surface area (Å²) in [7, 11) is 0. The summed E-state index contributed by atoms with van der Waals surface area (Å²) < 4.78 is 7.45. The first-order valence-electron chi connectivity index (χ1n) is 10.3. The predicted octanol–water partition coefficient (Wildman–Crippen LogP) is 4.07. The van der Waals surface area contributed by atoms with Crippen molar-refractivity contribution in [3.63, 3.8) is 0 Å². The molecule has 3 heterocycles. The van der Waals surface area contributed by atoms with Crippen LogP contribution >= 0.6 is 24.0 Å². The van der Waals surface area contributed by atoms with Crippen molar-refractivity contribution >= 4 is 51.9 Å². The van der Waals surface area contributed by atoms with Gasteiger partial charge in [0.1, 0.15) is 27.8 Å². The molecule has 0 aliphatic carbocycles. The number of hydrogen-bond acceptors (Lipinski definition) is 7. The molecule has 1 N–H and O–H groups in total. The van der Waals surface area contributed by atoms with Gasteiger partial charge in [-0.2, -0.15) is 4.98 Å². The average Bonchev–Trinajstić information content (AvgIpc) is 3.03. The molecule has 2 aromatic heterocycles. The van der Waals surface area contributed by atoms with Crippen molar-refractivity contribution in [2.75, 3.05) is 6.54 Å². The Morgan fingerprint density at radius 3 is 2.53 bits per heavy atom. The smallest absolute Gasteiger partial charge is 0.323 e. The number of thioether (sulfide) groups is 1. The molecule has 10 heteroatoms. The molecule has 1 aliphatic heterocycles. The highest BCUT2D eigenvalue weighted by Crippen LogP contribution is 2.34. The van der Waals surface area contributed by atoms with Gasteiger partial charge in [-0.25, -0.2) is 0 Å². The fourth-order valence-corrected chi connectivity index (χ4v) is 4.56. The van der Waals surface area contributed by atoms with Crippen LogP contribution in [0.3, 0.4) is 0 Å².